The molecule has 2 aromatic heterocycles. The van der Waals surface area contributed by atoms with E-state index in [1.54, 1.807) is 30.3 Å². The largest absolute Gasteiger partial charge is 0.493 e. The first-order chi connectivity index (χ1) is 20.7. The summed E-state index contributed by atoms with van der Waals surface area (Å²) in [6, 6.07) is 10.1. The van der Waals surface area contributed by atoms with Crippen molar-refractivity contribution >= 4 is 44.5 Å². The van der Waals surface area contributed by atoms with Crippen molar-refractivity contribution in [2.45, 2.75) is 25.0 Å². The van der Waals surface area contributed by atoms with Gasteiger partial charge in [0, 0.05) is 23.3 Å². The molecule has 0 spiro atoms. The van der Waals surface area contributed by atoms with Crippen molar-refractivity contribution in [3.8, 4) is 22.9 Å². The number of piperidine rings is 1. The molecule has 0 radical (unpaired) electrons. The highest BCUT2D eigenvalue weighted by atomic mass is 79.9. The van der Waals surface area contributed by atoms with E-state index in [4.69, 9.17) is 9.47 Å². The van der Waals surface area contributed by atoms with Crippen LogP contribution >= 0.6 is 15.9 Å². The van der Waals surface area contributed by atoms with Crippen molar-refractivity contribution in [1.29, 1.82) is 0 Å². The number of ether oxygens (including phenoxy) is 2. The van der Waals surface area contributed by atoms with E-state index < -0.39 is 11.7 Å². The summed E-state index contributed by atoms with van der Waals surface area (Å²) >= 11 is 3.38. The molecule has 2 aliphatic heterocycles. The molecule has 1 fully saturated rings. The average Bonchev–Trinajstić information content (AvgIpc) is 3.51. The number of aromatic amines is 2. The molecular weight excluding hydrogens is 620 g/mol. The third-order valence-corrected chi connectivity index (χ3v) is 8.35. The molecule has 2 aromatic carbocycles. The zero-order chi connectivity index (χ0) is 30.2. The van der Waals surface area contributed by atoms with Gasteiger partial charge in [-0.1, -0.05) is 15.9 Å². The van der Waals surface area contributed by atoms with Crippen LogP contribution in [0, 0.1) is 0 Å². The van der Waals surface area contributed by atoms with Gasteiger partial charge in [-0.2, -0.15) is 0 Å². The number of methoxy groups -OCH3 is 1. The fourth-order valence-corrected chi connectivity index (χ4v) is 5.90. The highest BCUT2D eigenvalue weighted by Gasteiger charge is 2.41. The number of anilines is 1. The molecule has 0 saturated carbocycles. The molecule has 0 bridgehead atoms. The van der Waals surface area contributed by atoms with E-state index in [0.29, 0.717) is 39.3 Å². The minimum atomic E-state index is -0.913. The van der Waals surface area contributed by atoms with Gasteiger partial charge in [-0.25, -0.2) is 4.98 Å². The topological polar surface area (TPSA) is 153 Å². The number of hydrogen-bond donors (Lipinski definition) is 4. The van der Waals surface area contributed by atoms with Crippen LogP contribution in [-0.4, -0.2) is 94.2 Å². The number of amides is 2. The van der Waals surface area contributed by atoms with Crippen LogP contribution in [0.2, 0.25) is 0 Å². The molecule has 1 saturated heterocycles. The SMILES string of the molecule is COc1cc(Br)ccc1OCC(O)CNc1cc[nH]c(=O)c1-c1nc2cc3c(cc2[nH]1)C(=O)N(C1CCN(C)CC1)C3=O. The first-order valence-corrected chi connectivity index (χ1v) is 14.7. The number of imidazole rings is 1. The summed E-state index contributed by atoms with van der Waals surface area (Å²) in [4.78, 5) is 53.5. The Morgan fingerprint density at radius 1 is 1.09 bits per heavy atom. The van der Waals surface area contributed by atoms with Crippen LogP contribution in [0.5, 0.6) is 11.5 Å². The maximum atomic E-state index is 13.3. The van der Waals surface area contributed by atoms with Crippen LogP contribution < -0.4 is 20.3 Å². The number of rotatable bonds is 9. The number of pyridine rings is 1. The molecule has 1 atom stereocenters. The number of benzene rings is 2. The van der Waals surface area contributed by atoms with Gasteiger partial charge in [0.25, 0.3) is 17.4 Å². The Hall–Kier alpha value is -4.20. The van der Waals surface area contributed by atoms with Gasteiger partial charge in [-0.3, -0.25) is 19.3 Å². The third kappa shape index (κ3) is 5.63. The molecule has 13 heteroatoms. The van der Waals surface area contributed by atoms with Crippen LogP contribution in [0.4, 0.5) is 5.69 Å². The monoisotopic (exact) mass is 650 g/mol. The number of carbonyl (C=O) groups is 2. The zero-order valence-electron chi connectivity index (χ0n) is 23.6. The van der Waals surface area contributed by atoms with E-state index >= 15 is 0 Å². The Labute approximate surface area is 255 Å². The molecule has 4 heterocycles. The highest BCUT2D eigenvalue weighted by molar-refractivity contribution is 9.10. The fraction of sp³-hybridized carbons (Fsp3) is 0.333. The second kappa shape index (κ2) is 11.8. The third-order valence-electron chi connectivity index (χ3n) is 7.86. The number of nitrogens with one attached hydrogen (secondary N) is 3. The average molecular weight is 652 g/mol. The number of fused-ring (bicyclic) bond motifs is 2. The van der Waals surface area contributed by atoms with E-state index in [0.717, 1.165) is 30.4 Å². The van der Waals surface area contributed by atoms with Gasteiger partial charge in [0.15, 0.2) is 11.5 Å². The Bertz CT molecular complexity index is 1710. The van der Waals surface area contributed by atoms with Gasteiger partial charge in [-0.15, -0.1) is 0 Å². The van der Waals surface area contributed by atoms with Crippen molar-refractivity contribution in [2.24, 2.45) is 0 Å². The zero-order valence-corrected chi connectivity index (χ0v) is 25.2. The standard InChI is InChI=1S/C30H31BrN6O6/c1-36-9-6-17(7-10-36)37-29(40)19-12-22-23(13-20(19)30(37)41)35-27(34-22)26-21(5-8-32-28(26)39)33-14-18(38)15-43-24-4-3-16(31)11-25(24)42-2/h3-5,8,11-13,17-18,38H,6-7,9-10,14-15H2,1-2H3,(H,34,35)(H2,32,33,39). The normalized spacial score (nSPS) is 16.5. The number of carbonyl (C=O) groups excluding carboxylic acids is 2. The van der Waals surface area contributed by atoms with Crippen molar-refractivity contribution < 1.29 is 24.2 Å². The first kappa shape index (κ1) is 28.9. The summed E-state index contributed by atoms with van der Waals surface area (Å²) < 4.78 is 11.9. The molecule has 12 nitrogen and oxygen atoms in total. The van der Waals surface area contributed by atoms with E-state index in [-0.39, 0.29) is 42.4 Å². The smallest absolute Gasteiger partial charge is 0.261 e. The van der Waals surface area contributed by atoms with E-state index in [9.17, 15) is 19.5 Å². The molecule has 4 N–H and O–H groups in total. The van der Waals surface area contributed by atoms with E-state index in [2.05, 4.69) is 41.1 Å². The van der Waals surface area contributed by atoms with Crippen LogP contribution in [-0.2, 0) is 0 Å². The van der Waals surface area contributed by atoms with Crippen LogP contribution in [0.15, 0.2) is 51.9 Å². The maximum Gasteiger partial charge on any atom is 0.261 e. The lowest BCUT2D eigenvalue weighted by Crippen LogP contribution is -2.46. The molecule has 4 aromatic rings. The minimum absolute atomic E-state index is 0.0175. The van der Waals surface area contributed by atoms with Crippen molar-refractivity contribution in [1.82, 2.24) is 24.8 Å². The van der Waals surface area contributed by atoms with Crippen LogP contribution in [0.1, 0.15) is 33.6 Å². The quantitative estimate of drug-likeness (QED) is 0.200. The van der Waals surface area contributed by atoms with Gasteiger partial charge >= 0.3 is 0 Å². The summed E-state index contributed by atoms with van der Waals surface area (Å²) in [5.41, 5.74) is 1.92. The van der Waals surface area contributed by atoms with Crippen molar-refractivity contribution in [3.05, 3.63) is 68.5 Å². The van der Waals surface area contributed by atoms with Crippen LogP contribution in [0.3, 0.4) is 0 Å². The Balaban J connectivity index is 1.20. The number of hydrogen-bond acceptors (Lipinski definition) is 9. The number of nitrogens with zero attached hydrogens (tertiary/aromatic N) is 3. The number of H-pyrrole nitrogens is 2. The highest BCUT2D eigenvalue weighted by Crippen LogP contribution is 2.33. The lowest BCUT2D eigenvalue weighted by Gasteiger charge is -2.33. The van der Waals surface area contributed by atoms with Gasteiger partial charge < -0.3 is 34.8 Å². The van der Waals surface area contributed by atoms with Crippen LogP contribution in [0.25, 0.3) is 22.4 Å². The number of imide groups is 1. The maximum absolute atomic E-state index is 13.3. The summed E-state index contributed by atoms with van der Waals surface area (Å²) in [7, 11) is 3.57. The Morgan fingerprint density at radius 3 is 2.58 bits per heavy atom. The summed E-state index contributed by atoms with van der Waals surface area (Å²) in [5, 5.41) is 13.7. The number of halogens is 1. The molecule has 2 amide bonds. The number of likely N-dealkylation sites (tertiary alicyclic amines) is 1. The van der Waals surface area contributed by atoms with Crippen molar-refractivity contribution in [2.75, 3.05) is 45.7 Å². The molecule has 2 aliphatic rings. The van der Waals surface area contributed by atoms with Gasteiger partial charge in [0.2, 0.25) is 0 Å². The fourth-order valence-electron chi connectivity index (χ4n) is 5.56. The second-order valence-corrected chi connectivity index (χ2v) is 11.7. The van der Waals surface area contributed by atoms with Gasteiger partial charge in [-0.05, 0) is 69.4 Å². The lowest BCUT2D eigenvalue weighted by atomic mass is 10.0. The van der Waals surface area contributed by atoms with Gasteiger partial charge in [0.1, 0.15) is 24.1 Å². The van der Waals surface area contributed by atoms with E-state index in [1.165, 1.54) is 18.2 Å². The Morgan fingerprint density at radius 2 is 1.84 bits per heavy atom. The number of aliphatic hydroxyl groups excluding tert-OH is 1. The Kier molecular flexibility index (Phi) is 7.95. The summed E-state index contributed by atoms with van der Waals surface area (Å²) in [6.07, 6.45) is 2.07. The molecule has 6 rings (SSSR count). The summed E-state index contributed by atoms with van der Waals surface area (Å²) in [6.45, 7) is 1.72. The van der Waals surface area contributed by atoms with E-state index in [1.807, 2.05) is 13.1 Å². The number of aliphatic hydroxyl groups is 1. The van der Waals surface area contributed by atoms with Gasteiger partial charge in [0.05, 0.1) is 35.0 Å². The molecule has 0 aliphatic carbocycles. The lowest BCUT2D eigenvalue weighted by molar-refractivity contribution is 0.0516. The molecule has 224 valence electrons. The predicted molar refractivity (Wildman–Crippen MR) is 164 cm³/mol. The molecular formula is C30H31BrN6O6. The minimum Gasteiger partial charge on any atom is -0.493 e. The second-order valence-electron chi connectivity index (χ2n) is 10.8. The molecule has 43 heavy (non-hydrogen) atoms. The first-order valence-electron chi connectivity index (χ1n) is 13.9. The number of aromatic nitrogens is 3. The molecule has 1 unspecified atom stereocenters. The van der Waals surface area contributed by atoms with Crippen molar-refractivity contribution in [3.63, 3.8) is 0 Å². The predicted octanol–water partition coefficient (Wildman–Crippen LogP) is 3.23. The summed E-state index contributed by atoms with van der Waals surface area (Å²) in [5.74, 6) is 0.671.